The normalized spacial score (nSPS) is 18.1. The van der Waals surface area contributed by atoms with Gasteiger partial charge in [0.2, 0.25) is 5.95 Å². The molecule has 0 bridgehead atoms. The largest absolute Gasteiger partial charge is 0.366 e. The number of nitrogens with one attached hydrogen (secondary N) is 3. The standard InChI is InChI=1S/C28H26F2N8/c1-28(2)15-31-10-9-21(28)35-27-24-18(16-4-3-5-16)13-32-14-20(24)34-25(38-27)17-8-11-33-23(12-17)37-26-19(29)6-7-22(30)36-26/h3-8,11-14,21,31H,9-10,15H2,1-2H3,(H,33,36,37)(H,34,35,38)/t21-/m1/s1. The van der Waals surface area contributed by atoms with Gasteiger partial charge in [-0.15, -0.1) is 0 Å². The number of halogens is 2. The molecule has 2 aliphatic rings. The van der Waals surface area contributed by atoms with Gasteiger partial charge in [-0.2, -0.15) is 9.37 Å². The van der Waals surface area contributed by atoms with Crippen molar-refractivity contribution in [3.8, 4) is 11.4 Å². The zero-order valence-corrected chi connectivity index (χ0v) is 21.0. The van der Waals surface area contributed by atoms with E-state index in [2.05, 4.69) is 44.7 Å². The van der Waals surface area contributed by atoms with Gasteiger partial charge in [0.1, 0.15) is 11.6 Å². The summed E-state index contributed by atoms with van der Waals surface area (Å²) in [5.74, 6) is -0.252. The summed E-state index contributed by atoms with van der Waals surface area (Å²) in [5.41, 5.74) is 3.41. The molecule has 192 valence electrons. The number of pyridine rings is 3. The van der Waals surface area contributed by atoms with E-state index in [1.165, 1.54) is 0 Å². The van der Waals surface area contributed by atoms with Crippen LogP contribution in [0.4, 0.5) is 26.2 Å². The summed E-state index contributed by atoms with van der Waals surface area (Å²) in [5, 5.41) is 10.9. The first-order valence-electron chi connectivity index (χ1n) is 12.4. The van der Waals surface area contributed by atoms with Crippen LogP contribution in [0.3, 0.4) is 0 Å². The molecule has 4 aromatic heterocycles. The number of allylic oxidation sites excluding steroid dienone is 4. The summed E-state index contributed by atoms with van der Waals surface area (Å²) in [6, 6.07) is 5.62. The summed E-state index contributed by atoms with van der Waals surface area (Å²) in [4.78, 5) is 22.1. The smallest absolute Gasteiger partial charge is 0.214 e. The Labute approximate surface area is 218 Å². The third-order valence-corrected chi connectivity index (χ3v) is 6.99. The molecule has 0 spiro atoms. The maximum Gasteiger partial charge on any atom is 0.214 e. The van der Waals surface area contributed by atoms with Gasteiger partial charge < -0.3 is 16.0 Å². The van der Waals surface area contributed by atoms with Gasteiger partial charge in [-0.25, -0.2) is 19.3 Å². The molecule has 6 rings (SSSR count). The first kappa shape index (κ1) is 24.1. The van der Waals surface area contributed by atoms with Gasteiger partial charge in [-0.1, -0.05) is 32.1 Å². The maximum absolute atomic E-state index is 14.2. The second-order valence-electron chi connectivity index (χ2n) is 10.1. The van der Waals surface area contributed by atoms with E-state index in [4.69, 9.17) is 9.97 Å². The van der Waals surface area contributed by atoms with Crippen LogP contribution in [0.25, 0.3) is 27.9 Å². The van der Waals surface area contributed by atoms with Gasteiger partial charge in [0, 0.05) is 36.1 Å². The first-order valence-corrected chi connectivity index (χ1v) is 12.4. The fourth-order valence-corrected chi connectivity index (χ4v) is 4.78. The molecule has 0 amide bonds. The van der Waals surface area contributed by atoms with Crippen molar-refractivity contribution in [2.45, 2.75) is 26.3 Å². The highest BCUT2D eigenvalue weighted by atomic mass is 19.1. The molecule has 1 saturated heterocycles. The summed E-state index contributed by atoms with van der Waals surface area (Å²) in [6.07, 6.45) is 12.2. The minimum atomic E-state index is -0.792. The molecule has 0 saturated carbocycles. The summed E-state index contributed by atoms with van der Waals surface area (Å²) in [7, 11) is 0. The first-order chi connectivity index (χ1) is 18.4. The number of hydrogen-bond donors (Lipinski definition) is 3. The lowest BCUT2D eigenvalue weighted by Gasteiger charge is -2.40. The van der Waals surface area contributed by atoms with Gasteiger partial charge in [0.05, 0.1) is 17.1 Å². The number of nitrogens with zero attached hydrogens (tertiary/aromatic N) is 5. The molecule has 0 unspecified atom stereocenters. The number of piperidine rings is 1. The van der Waals surface area contributed by atoms with Crippen LogP contribution in [0.1, 0.15) is 25.8 Å². The van der Waals surface area contributed by atoms with Crippen LogP contribution in [-0.2, 0) is 0 Å². The number of fused-ring (bicyclic) bond motifs is 1. The Balaban J connectivity index is 1.43. The van der Waals surface area contributed by atoms with Crippen LogP contribution in [0.5, 0.6) is 0 Å². The Morgan fingerprint density at radius 2 is 1.92 bits per heavy atom. The lowest BCUT2D eigenvalue weighted by atomic mass is 9.80. The molecule has 8 nitrogen and oxygen atoms in total. The molecule has 38 heavy (non-hydrogen) atoms. The SMILES string of the molecule is CC1(C)CNCC[C@H]1Nc1nc(-c2ccnc(Nc3nc(F)ccc3F)c2)nc2cncc(C3=CC=C3)c12. The Morgan fingerprint density at radius 3 is 2.71 bits per heavy atom. The molecule has 10 heteroatoms. The zero-order valence-electron chi connectivity index (χ0n) is 21.0. The van der Waals surface area contributed by atoms with Crippen molar-refractivity contribution in [2.24, 2.45) is 5.41 Å². The molecular weight excluding hydrogens is 486 g/mol. The van der Waals surface area contributed by atoms with E-state index < -0.39 is 11.8 Å². The molecule has 1 aliphatic heterocycles. The molecule has 3 N–H and O–H groups in total. The van der Waals surface area contributed by atoms with Crippen molar-refractivity contribution in [1.29, 1.82) is 0 Å². The average molecular weight is 513 g/mol. The van der Waals surface area contributed by atoms with Gasteiger partial charge in [-0.3, -0.25) is 4.98 Å². The van der Waals surface area contributed by atoms with Crippen LogP contribution < -0.4 is 16.0 Å². The van der Waals surface area contributed by atoms with Crippen LogP contribution in [0.2, 0.25) is 0 Å². The Morgan fingerprint density at radius 1 is 1.05 bits per heavy atom. The van der Waals surface area contributed by atoms with Gasteiger partial charge >= 0.3 is 0 Å². The van der Waals surface area contributed by atoms with Gasteiger partial charge in [-0.05, 0) is 48.2 Å². The second kappa shape index (κ2) is 9.53. The maximum atomic E-state index is 14.2. The van der Waals surface area contributed by atoms with E-state index in [0.29, 0.717) is 16.9 Å². The molecular formula is C28H26F2N8. The van der Waals surface area contributed by atoms with E-state index in [1.54, 1.807) is 24.5 Å². The highest BCUT2D eigenvalue weighted by molar-refractivity contribution is 6.02. The minimum absolute atomic E-state index is 0.00824. The third kappa shape index (κ3) is 4.58. The minimum Gasteiger partial charge on any atom is -0.366 e. The van der Waals surface area contributed by atoms with E-state index >= 15 is 0 Å². The quantitative estimate of drug-likeness (QED) is 0.301. The van der Waals surface area contributed by atoms with Gasteiger partial charge in [0.15, 0.2) is 17.5 Å². The van der Waals surface area contributed by atoms with Crippen LogP contribution in [-0.4, -0.2) is 44.1 Å². The summed E-state index contributed by atoms with van der Waals surface area (Å²) >= 11 is 0. The van der Waals surface area contributed by atoms with E-state index in [-0.39, 0.29) is 23.1 Å². The van der Waals surface area contributed by atoms with Crippen LogP contribution in [0, 0.1) is 17.2 Å². The summed E-state index contributed by atoms with van der Waals surface area (Å²) in [6.45, 7) is 6.29. The Kier molecular flexibility index (Phi) is 6.03. The van der Waals surface area contributed by atoms with E-state index in [9.17, 15) is 8.78 Å². The van der Waals surface area contributed by atoms with Crippen LogP contribution >= 0.6 is 0 Å². The Hall–Kier alpha value is -4.31. The number of rotatable bonds is 6. The molecule has 1 aliphatic carbocycles. The molecule has 4 aromatic rings. The zero-order chi connectivity index (χ0) is 26.3. The van der Waals surface area contributed by atoms with Crippen molar-refractivity contribution < 1.29 is 8.78 Å². The molecule has 5 heterocycles. The van der Waals surface area contributed by atoms with Crippen LogP contribution in [0.15, 0.2) is 61.1 Å². The molecule has 0 radical (unpaired) electrons. The van der Waals surface area contributed by atoms with Gasteiger partial charge in [0.25, 0.3) is 0 Å². The highest BCUT2D eigenvalue weighted by Crippen LogP contribution is 2.36. The number of hydrogen-bond acceptors (Lipinski definition) is 8. The molecule has 1 fully saturated rings. The van der Waals surface area contributed by atoms with Crippen molar-refractivity contribution >= 4 is 33.9 Å². The fourth-order valence-electron chi connectivity index (χ4n) is 4.78. The Bertz CT molecular complexity index is 1600. The van der Waals surface area contributed by atoms with E-state index in [0.717, 1.165) is 54.0 Å². The number of aromatic nitrogens is 5. The topological polar surface area (TPSA) is 101 Å². The highest BCUT2D eigenvalue weighted by Gasteiger charge is 2.33. The molecule has 0 aromatic carbocycles. The van der Waals surface area contributed by atoms with E-state index in [1.807, 2.05) is 24.4 Å². The predicted octanol–water partition coefficient (Wildman–Crippen LogP) is 5.26. The predicted molar refractivity (Wildman–Crippen MR) is 144 cm³/mol. The number of anilines is 3. The monoisotopic (exact) mass is 512 g/mol. The third-order valence-electron chi connectivity index (χ3n) is 6.99. The average Bonchev–Trinajstić information content (AvgIpc) is 2.86. The van der Waals surface area contributed by atoms with Crippen molar-refractivity contribution in [3.05, 3.63) is 78.4 Å². The van der Waals surface area contributed by atoms with Crippen molar-refractivity contribution in [2.75, 3.05) is 23.7 Å². The molecule has 1 atom stereocenters. The lowest BCUT2D eigenvalue weighted by Crippen LogP contribution is -2.49. The van der Waals surface area contributed by atoms with Crippen molar-refractivity contribution in [1.82, 2.24) is 30.2 Å². The lowest BCUT2D eigenvalue weighted by molar-refractivity contribution is 0.236. The summed E-state index contributed by atoms with van der Waals surface area (Å²) < 4.78 is 27.7. The second-order valence-corrected chi connectivity index (χ2v) is 10.1. The van der Waals surface area contributed by atoms with Crippen molar-refractivity contribution in [3.63, 3.8) is 0 Å². The fraction of sp³-hybridized carbons (Fsp3) is 0.250.